The van der Waals surface area contributed by atoms with Crippen LogP contribution >= 0.6 is 0 Å². The molecule has 2 heterocycles. The Kier molecular flexibility index (Phi) is 4.35. The van der Waals surface area contributed by atoms with Crippen LogP contribution in [0.5, 0.6) is 0 Å². The Morgan fingerprint density at radius 2 is 2.17 bits per heavy atom. The van der Waals surface area contributed by atoms with Gasteiger partial charge in [-0.1, -0.05) is 0 Å². The maximum atomic E-state index is 12.9. The number of aromatic amines is 1. The van der Waals surface area contributed by atoms with Crippen molar-refractivity contribution in [2.24, 2.45) is 5.73 Å². The Balaban J connectivity index is 1.97. The van der Waals surface area contributed by atoms with Crippen LogP contribution in [0.1, 0.15) is 36.7 Å². The summed E-state index contributed by atoms with van der Waals surface area (Å²) in [4.78, 5) is 4.32. The fourth-order valence-electron chi connectivity index (χ4n) is 3.04. The monoisotopic (exact) mass is 344 g/mol. The van der Waals surface area contributed by atoms with Crippen molar-refractivity contribution < 1.29 is 18.3 Å². The molecule has 3 rings (SSSR count). The summed E-state index contributed by atoms with van der Waals surface area (Å²) in [6.45, 7) is 0.528. The van der Waals surface area contributed by atoms with E-state index in [4.69, 9.17) is 5.73 Å². The summed E-state index contributed by atoms with van der Waals surface area (Å²) in [6.07, 6.45) is -2.29. The maximum absolute atomic E-state index is 12.9. The summed E-state index contributed by atoms with van der Waals surface area (Å²) in [6, 6.07) is -0.351. The van der Waals surface area contributed by atoms with E-state index >= 15 is 0 Å². The average Bonchev–Trinajstić information content (AvgIpc) is 3.06. The van der Waals surface area contributed by atoms with Crippen LogP contribution in [-0.4, -0.2) is 48.4 Å². The molecule has 1 fully saturated rings. The van der Waals surface area contributed by atoms with Crippen LogP contribution in [0.2, 0.25) is 0 Å². The number of halogens is 3. The molecule has 0 aromatic carbocycles. The molecular formula is C14H19F3N6O. The molecule has 0 amide bonds. The highest BCUT2D eigenvalue weighted by molar-refractivity contribution is 5.56. The quantitative estimate of drug-likeness (QED) is 0.782. The smallest absolute Gasteiger partial charge is 0.391 e. The maximum Gasteiger partial charge on any atom is 0.408 e. The molecule has 1 aliphatic rings. The number of H-pyrrole nitrogens is 1. The molecule has 24 heavy (non-hydrogen) atoms. The lowest BCUT2D eigenvalue weighted by Gasteiger charge is -2.30. The predicted molar refractivity (Wildman–Crippen MR) is 79.0 cm³/mol. The molecule has 10 heteroatoms. The first-order valence-electron chi connectivity index (χ1n) is 7.70. The van der Waals surface area contributed by atoms with E-state index in [0.717, 1.165) is 4.68 Å². The zero-order valence-corrected chi connectivity index (χ0v) is 13.1. The van der Waals surface area contributed by atoms with Gasteiger partial charge >= 0.3 is 6.18 Å². The van der Waals surface area contributed by atoms with E-state index < -0.39 is 18.8 Å². The molecule has 2 aromatic rings. The van der Waals surface area contributed by atoms with E-state index in [-0.39, 0.29) is 30.0 Å². The van der Waals surface area contributed by atoms with Gasteiger partial charge in [0.2, 0.25) is 0 Å². The number of nitrogens with two attached hydrogens (primary N) is 1. The van der Waals surface area contributed by atoms with Crippen molar-refractivity contribution in [3.63, 3.8) is 0 Å². The second kappa shape index (κ2) is 6.17. The lowest BCUT2D eigenvalue weighted by Crippen LogP contribution is -2.40. The molecule has 0 radical (unpaired) electrons. The Hall–Kier alpha value is -1.94. The summed E-state index contributed by atoms with van der Waals surface area (Å²) < 4.78 is 39.5. The van der Waals surface area contributed by atoms with Crippen LogP contribution in [-0.2, 0) is 6.54 Å². The second-order valence-electron chi connectivity index (χ2n) is 6.22. The Labute approximate surface area is 136 Å². The summed E-state index contributed by atoms with van der Waals surface area (Å²) in [5.74, 6) is 0.120. The first-order valence-corrected chi connectivity index (χ1v) is 7.70. The SMILES string of the molecule is Cc1[nH]ncc1-c1nc([C@H]2CC[C@@H](N)[C@H](O)C2)n(CC(F)(F)F)n1. The molecule has 7 nitrogen and oxygen atoms in total. The van der Waals surface area contributed by atoms with E-state index in [2.05, 4.69) is 20.3 Å². The molecule has 0 unspecified atom stereocenters. The highest BCUT2D eigenvalue weighted by Crippen LogP contribution is 2.34. The number of aromatic nitrogens is 5. The van der Waals surface area contributed by atoms with Gasteiger partial charge in [-0.25, -0.2) is 9.67 Å². The average molecular weight is 344 g/mol. The van der Waals surface area contributed by atoms with E-state index in [9.17, 15) is 18.3 Å². The van der Waals surface area contributed by atoms with Crippen molar-refractivity contribution in [2.45, 2.75) is 57.0 Å². The third-order valence-corrected chi connectivity index (χ3v) is 4.33. The minimum Gasteiger partial charge on any atom is -0.391 e. The summed E-state index contributed by atoms with van der Waals surface area (Å²) in [5, 5.41) is 20.6. The highest BCUT2D eigenvalue weighted by atomic mass is 19.4. The normalized spacial score (nSPS) is 25.2. The van der Waals surface area contributed by atoms with Crippen molar-refractivity contribution in [3.8, 4) is 11.4 Å². The van der Waals surface area contributed by atoms with Gasteiger partial charge in [0.25, 0.3) is 0 Å². The number of aliphatic hydroxyl groups is 1. The highest BCUT2D eigenvalue weighted by Gasteiger charge is 2.35. The van der Waals surface area contributed by atoms with Gasteiger partial charge in [-0.15, -0.1) is 0 Å². The van der Waals surface area contributed by atoms with Crippen LogP contribution in [0, 0.1) is 6.92 Å². The van der Waals surface area contributed by atoms with Gasteiger partial charge in [0.05, 0.1) is 17.9 Å². The van der Waals surface area contributed by atoms with Gasteiger partial charge in [0, 0.05) is 17.7 Å². The summed E-state index contributed by atoms with van der Waals surface area (Å²) >= 11 is 0. The molecular weight excluding hydrogens is 325 g/mol. The molecule has 3 atom stereocenters. The topological polar surface area (TPSA) is 106 Å². The third kappa shape index (κ3) is 3.44. The summed E-state index contributed by atoms with van der Waals surface area (Å²) in [5.41, 5.74) is 7.01. The van der Waals surface area contributed by atoms with Gasteiger partial charge in [0.15, 0.2) is 5.82 Å². The fraction of sp³-hybridized carbons (Fsp3) is 0.643. The Bertz CT molecular complexity index is 710. The molecule has 0 spiro atoms. The van der Waals surface area contributed by atoms with Gasteiger partial charge < -0.3 is 10.8 Å². The fourth-order valence-corrected chi connectivity index (χ4v) is 3.04. The lowest BCUT2D eigenvalue weighted by molar-refractivity contribution is -0.143. The van der Waals surface area contributed by atoms with Crippen LogP contribution in [0.25, 0.3) is 11.4 Å². The number of aryl methyl sites for hydroxylation is 1. The van der Waals surface area contributed by atoms with Gasteiger partial charge in [0.1, 0.15) is 12.4 Å². The second-order valence-corrected chi connectivity index (χ2v) is 6.22. The Morgan fingerprint density at radius 3 is 2.75 bits per heavy atom. The first-order chi connectivity index (χ1) is 11.2. The largest absolute Gasteiger partial charge is 0.408 e. The van der Waals surface area contributed by atoms with Crippen molar-refractivity contribution in [1.29, 1.82) is 0 Å². The van der Waals surface area contributed by atoms with Crippen LogP contribution < -0.4 is 5.73 Å². The first kappa shape index (κ1) is 16.9. The van der Waals surface area contributed by atoms with E-state index in [0.29, 0.717) is 24.1 Å². The molecule has 2 aromatic heterocycles. The van der Waals surface area contributed by atoms with Crippen molar-refractivity contribution in [1.82, 2.24) is 25.0 Å². The van der Waals surface area contributed by atoms with E-state index in [1.54, 1.807) is 6.92 Å². The minimum absolute atomic E-state index is 0.199. The van der Waals surface area contributed by atoms with Gasteiger partial charge in [-0.05, 0) is 26.2 Å². The van der Waals surface area contributed by atoms with Crippen molar-refractivity contribution in [2.75, 3.05) is 0 Å². The molecule has 0 aliphatic heterocycles. The predicted octanol–water partition coefficient (Wildman–Crippen LogP) is 1.49. The van der Waals surface area contributed by atoms with Gasteiger partial charge in [-0.2, -0.15) is 23.4 Å². The molecule has 4 N–H and O–H groups in total. The molecule has 132 valence electrons. The number of aliphatic hydroxyl groups excluding tert-OH is 1. The Morgan fingerprint density at radius 1 is 1.42 bits per heavy atom. The molecule has 1 saturated carbocycles. The minimum atomic E-state index is -4.41. The third-order valence-electron chi connectivity index (χ3n) is 4.33. The number of hydrogen-bond donors (Lipinski definition) is 3. The number of nitrogens with zero attached hydrogens (tertiary/aromatic N) is 4. The van der Waals surface area contributed by atoms with Crippen molar-refractivity contribution in [3.05, 3.63) is 17.7 Å². The molecule has 0 saturated heterocycles. The zero-order chi connectivity index (χ0) is 17.5. The molecule has 0 bridgehead atoms. The van der Waals surface area contributed by atoms with Gasteiger partial charge in [-0.3, -0.25) is 5.10 Å². The molecule has 1 aliphatic carbocycles. The lowest BCUT2D eigenvalue weighted by atomic mass is 9.84. The van der Waals surface area contributed by atoms with E-state index in [1.807, 2.05) is 0 Å². The number of hydrogen-bond acceptors (Lipinski definition) is 5. The van der Waals surface area contributed by atoms with Crippen molar-refractivity contribution >= 4 is 0 Å². The summed E-state index contributed by atoms with van der Waals surface area (Å²) in [7, 11) is 0. The van der Waals surface area contributed by atoms with Crippen LogP contribution in [0.15, 0.2) is 6.20 Å². The standard InChI is InChI=1S/C14H19F3N6O/c1-7-9(5-19-21-7)12-20-13(23(22-12)6-14(15,16)17)8-2-3-10(18)11(24)4-8/h5,8,10-11,24H,2-4,6,18H2,1H3,(H,19,21)/t8-,10+,11+/m0/s1. The van der Waals surface area contributed by atoms with Crippen LogP contribution in [0.3, 0.4) is 0 Å². The van der Waals surface area contributed by atoms with Crippen LogP contribution in [0.4, 0.5) is 13.2 Å². The van der Waals surface area contributed by atoms with E-state index in [1.165, 1.54) is 6.20 Å². The number of alkyl halides is 3. The zero-order valence-electron chi connectivity index (χ0n) is 13.1. The number of rotatable bonds is 3. The number of nitrogens with one attached hydrogen (secondary N) is 1.